The number of aromatic nitrogens is 3. The van der Waals surface area contributed by atoms with Crippen LogP contribution in [0.15, 0.2) is 48.8 Å². The quantitative estimate of drug-likeness (QED) is 0.670. The van der Waals surface area contributed by atoms with Gasteiger partial charge in [-0.25, -0.2) is 18.6 Å². The molecule has 1 atom stereocenters. The van der Waals surface area contributed by atoms with Gasteiger partial charge in [0.2, 0.25) is 5.95 Å². The SMILES string of the molecule is COc1ccc(F)cc1-c1ncnc(Nc2cccc(CS(C)(=N)=O)c2)n1. The molecule has 0 saturated carbocycles. The van der Waals surface area contributed by atoms with E-state index in [9.17, 15) is 8.60 Å². The predicted molar refractivity (Wildman–Crippen MR) is 102 cm³/mol. The van der Waals surface area contributed by atoms with Gasteiger partial charge in [-0.2, -0.15) is 4.98 Å². The van der Waals surface area contributed by atoms with E-state index in [1.165, 1.54) is 37.9 Å². The molecule has 7 nitrogen and oxygen atoms in total. The highest BCUT2D eigenvalue weighted by Crippen LogP contribution is 2.28. The highest BCUT2D eigenvalue weighted by Gasteiger charge is 2.12. The fourth-order valence-corrected chi connectivity index (χ4v) is 3.34. The average Bonchev–Trinajstić information content (AvgIpc) is 2.61. The van der Waals surface area contributed by atoms with Crippen LogP contribution in [0.5, 0.6) is 5.75 Å². The Labute approximate surface area is 156 Å². The molecule has 9 heteroatoms. The molecule has 0 fully saturated rings. The third-order valence-electron chi connectivity index (χ3n) is 3.60. The van der Waals surface area contributed by atoms with Crippen LogP contribution < -0.4 is 10.1 Å². The van der Waals surface area contributed by atoms with Crippen LogP contribution in [0.3, 0.4) is 0 Å². The zero-order valence-corrected chi connectivity index (χ0v) is 15.6. The van der Waals surface area contributed by atoms with Crippen molar-refractivity contribution in [2.24, 2.45) is 0 Å². The van der Waals surface area contributed by atoms with Gasteiger partial charge < -0.3 is 10.1 Å². The molecule has 140 valence electrons. The molecule has 0 aliphatic carbocycles. The van der Waals surface area contributed by atoms with Gasteiger partial charge in [0.25, 0.3) is 0 Å². The molecule has 0 saturated heterocycles. The summed E-state index contributed by atoms with van der Waals surface area (Å²) in [6, 6.07) is 11.3. The molecule has 1 heterocycles. The maximum atomic E-state index is 13.6. The van der Waals surface area contributed by atoms with E-state index in [0.29, 0.717) is 17.0 Å². The van der Waals surface area contributed by atoms with E-state index in [4.69, 9.17) is 9.52 Å². The highest BCUT2D eigenvalue weighted by atomic mass is 32.2. The summed E-state index contributed by atoms with van der Waals surface area (Å²) in [7, 11) is -1.15. The van der Waals surface area contributed by atoms with Crippen LogP contribution in [0, 0.1) is 10.6 Å². The Kier molecular flexibility index (Phi) is 5.31. The number of ether oxygens (including phenoxy) is 1. The van der Waals surface area contributed by atoms with Crippen LogP contribution in [0.2, 0.25) is 0 Å². The molecule has 27 heavy (non-hydrogen) atoms. The first-order valence-corrected chi connectivity index (χ1v) is 10.1. The molecule has 2 aromatic carbocycles. The fourth-order valence-electron chi connectivity index (χ4n) is 2.53. The lowest BCUT2D eigenvalue weighted by Gasteiger charge is -2.10. The van der Waals surface area contributed by atoms with E-state index in [2.05, 4.69) is 20.3 Å². The second kappa shape index (κ2) is 7.67. The Hall–Kier alpha value is -3.07. The van der Waals surface area contributed by atoms with E-state index in [1.54, 1.807) is 24.3 Å². The minimum absolute atomic E-state index is 0.158. The Bertz CT molecular complexity index is 1070. The monoisotopic (exact) mass is 387 g/mol. The van der Waals surface area contributed by atoms with Gasteiger partial charge in [0.05, 0.1) is 18.4 Å². The smallest absolute Gasteiger partial charge is 0.230 e. The molecule has 3 aromatic rings. The second-order valence-corrected chi connectivity index (χ2v) is 8.25. The topological polar surface area (TPSA) is 101 Å². The van der Waals surface area contributed by atoms with Gasteiger partial charge in [0.15, 0.2) is 5.82 Å². The number of rotatable bonds is 6. The molecule has 0 radical (unpaired) electrons. The fraction of sp³-hybridized carbons (Fsp3) is 0.167. The molecule has 3 rings (SSSR count). The van der Waals surface area contributed by atoms with Gasteiger partial charge >= 0.3 is 0 Å². The first-order valence-electron chi connectivity index (χ1n) is 7.94. The Balaban J connectivity index is 1.89. The number of hydrogen-bond acceptors (Lipinski definition) is 7. The Morgan fingerprint density at radius 3 is 2.78 bits per heavy atom. The molecule has 0 aliphatic rings. The summed E-state index contributed by atoms with van der Waals surface area (Å²) in [4.78, 5) is 12.5. The molecule has 1 aromatic heterocycles. The molecule has 0 amide bonds. The van der Waals surface area contributed by atoms with Gasteiger partial charge in [-0.15, -0.1) is 0 Å². The number of halogens is 1. The van der Waals surface area contributed by atoms with Crippen LogP contribution in [-0.2, 0) is 15.5 Å². The number of benzene rings is 2. The third kappa shape index (κ3) is 4.98. The molecular weight excluding hydrogens is 369 g/mol. The summed E-state index contributed by atoms with van der Waals surface area (Å²) in [5.41, 5.74) is 1.86. The normalized spacial score (nSPS) is 13.0. The summed E-state index contributed by atoms with van der Waals surface area (Å²) in [5, 5.41) is 3.04. The number of anilines is 2. The van der Waals surface area contributed by atoms with Crippen molar-refractivity contribution >= 4 is 21.4 Å². The lowest BCUT2D eigenvalue weighted by atomic mass is 10.2. The van der Waals surface area contributed by atoms with Crippen LogP contribution in [0.1, 0.15) is 5.56 Å². The minimum atomic E-state index is -2.64. The minimum Gasteiger partial charge on any atom is -0.496 e. The first-order chi connectivity index (χ1) is 12.8. The molecule has 0 aliphatic heterocycles. The number of nitrogens with one attached hydrogen (secondary N) is 2. The predicted octanol–water partition coefficient (Wildman–Crippen LogP) is 3.61. The van der Waals surface area contributed by atoms with Crippen molar-refractivity contribution in [1.82, 2.24) is 15.0 Å². The third-order valence-corrected chi connectivity index (χ3v) is 4.48. The van der Waals surface area contributed by atoms with E-state index in [1.807, 2.05) is 0 Å². The zero-order chi connectivity index (χ0) is 19.4. The molecular formula is C18H18FN5O2S. The zero-order valence-electron chi connectivity index (χ0n) is 14.8. The van der Waals surface area contributed by atoms with E-state index in [0.717, 1.165) is 5.56 Å². The van der Waals surface area contributed by atoms with Crippen LogP contribution >= 0.6 is 0 Å². The van der Waals surface area contributed by atoms with Crippen LogP contribution in [0.25, 0.3) is 11.4 Å². The lowest BCUT2D eigenvalue weighted by Crippen LogP contribution is -2.02. The van der Waals surface area contributed by atoms with Crippen molar-refractivity contribution in [3.8, 4) is 17.1 Å². The molecule has 0 bridgehead atoms. The van der Waals surface area contributed by atoms with E-state index >= 15 is 0 Å². The summed E-state index contributed by atoms with van der Waals surface area (Å²) in [6.07, 6.45) is 2.72. The van der Waals surface area contributed by atoms with Crippen molar-refractivity contribution < 1.29 is 13.3 Å². The van der Waals surface area contributed by atoms with Crippen molar-refractivity contribution in [1.29, 1.82) is 4.78 Å². The van der Waals surface area contributed by atoms with E-state index in [-0.39, 0.29) is 17.5 Å². The van der Waals surface area contributed by atoms with Crippen molar-refractivity contribution in [2.75, 3.05) is 18.7 Å². The van der Waals surface area contributed by atoms with Crippen molar-refractivity contribution in [3.05, 3.63) is 60.2 Å². The number of hydrogen-bond donors (Lipinski definition) is 2. The Morgan fingerprint density at radius 2 is 2.04 bits per heavy atom. The van der Waals surface area contributed by atoms with Gasteiger partial charge in [-0.3, -0.25) is 4.78 Å². The summed E-state index contributed by atoms with van der Waals surface area (Å²) in [6.45, 7) is 0. The van der Waals surface area contributed by atoms with Crippen molar-refractivity contribution in [3.63, 3.8) is 0 Å². The van der Waals surface area contributed by atoms with Crippen LogP contribution in [-0.4, -0.2) is 32.5 Å². The largest absolute Gasteiger partial charge is 0.496 e. The van der Waals surface area contributed by atoms with Gasteiger partial charge in [-0.05, 0) is 35.9 Å². The maximum absolute atomic E-state index is 13.6. The summed E-state index contributed by atoms with van der Waals surface area (Å²) >= 11 is 0. The first kappa shape index (κ1) is 18.7. The lowest BCUT2D eigenvalue weighted by molar-refractivity contribution is 0.415. The second-order valence-electron chi connectivity index (χ2n) is 5.95. The number of methoxy groups -OCH3 is 1. The van der Waals surface area contributed by atoms with E-state index < -0.39 is 15.5 Å². The van der Waals surface area contributed by atoms with Gasteiger partial charge in [0.1, 0.15) is 17.9 Å². The standard InChI is InChI=1S/C18H18FN5O2S/c1-26-16-7-6-13(19)9-15(16)17-21-11-22-18(24-17)23-14-5-3-4-12(8-14)10-27(2,20)25/h3-9,11,20H,10H2,1-2H3,(H,21,22,23,24). The van der Waals surface area contributed by atoms with Gasteiger partial charge in [0, 0.05) is 21.7 Å². The van der Waals surface area contributed by atoms with Crippen molar-refractivity contribution in [2.45, 2.75) is 5.75 Å². The molecule has 1 unspecified atom stereocenters. The van der Waals surface area contributed by atoms with Crippen LogP contribution in [0.4, 0.5) is 16.0 Å². The summed E-state index contributed by atoms with van der Waals surface area (Å²) in [5.74, 6) is 0.718. The maximum Gasteiger partial charge on any atom is 0.230 e. The molecule has 0 spiro atoms. The molecule has 2 N–H and O–H groups in total. The van der Waals surface area contributed by atoms with Gasteiger partial charge in [-0.1, -0.05) is 12.1 Å². The summed E-state index contributed by atoms with van der Waals surface area (Å²) < 4.78 is 38.1. The Morgan fingerprint density at radius 1 is 1.22 bits per heavy atom. The number of nitrogens with zero attached hydrogens (tertiary/aromatic N) is 3. The highest BCUT2D eigenvalue weighted by molar-refractivity contribution is 7.90. The average molecular weight is 387 g/mol.